The van der Waals surface area contributed by atoms with Gasteiger partial charge in [-0.25, -0.2) is 0 Å². The van der Waals surface area contributed by atoms with Crippen molar-refractivity contribution in [1.29, 1.82) is 0 Å². The van der Waals surface area contributed by atoms with Crippen LogP contribution < -0.4 is 15.8 Å². The molecule has 1 aliphatic heterocycles. The molecule has 1 aromatic rings. The van der Waals surface area contributed by atoms with Gasteiger partial charge in [-0.2, -0.15) is 0 Å². The Kier molecular flexibility index (Phi) is 6.26. The minimum absolute atomic E-state index is 0. The monoisotopic (exact) mass is 366 g/mol. The van der Waals surface area contributed by atoms with E-state index in [9.17, 15) is 4.79 Å². The summed E-state index contributed by atoms with van der Waals surface area (Å²) in [7, 11) is 0. The third-order valence-corrected chi connectivity index (χ3v) is 5.60. The lowest BCUT2D eigenvalue weighted by atomic mass is 9.80. The van der Waals surface area contributed by atoms with E-state index in [0.29, 0.717) is 5.69 Å². The fourth-order valence-corrected chi connectivity index (χ4v) is 4.12. The Morgan fingerprint density at radius 2 is 1.96 bits per heavy atom. The number of fused-ring (bicyclic) bond motifs is 1. The van der Waals surface area contributed by atoms with E-state index < -0.39 is 0 Å². The van der Waals surface area contributed by atoms with Gasteiger partial charge in [0.2, 0.25) is 5.91 Å². The van der Waals surface area contributed by atoms with Crippen molar-refractivity contribution in [3.63, 3.8) is 0 Å². The van der Waals surface area contributed by atoms with Gasteiger partial charge in [0.25, 0.3) is 0 Å². The Balaban J connectivity index is 0.00000225. The molecule has 25 heavy (non-hydrogen) atoms. The van der Waals surface area contributed by atoms with Gasteiger partial charge in [-0.15, -0.1) is 12.4 Å². The molecule has 1 atom stereocenters. The van der Waals surface area contributed by atoms with Crippen LogP contribution in [0.1, 0.15) is 70.9 Å². The lowest BCUT2D eigenvalue weighted by Gasteiger charge is -2.39. The average molecular weight is 367 g/mol. The summed E-state index contributed by atoms with van der Waals surface area (Å²) in [6.07, 6.45) is 6.38. The summed E-state index contributed by atoms with van der Waals surface area (Å²) in [5.74, 6) is 1.99. The molecule has 5 heteroatoms. The number of benzene rings is 1. The van der Waals surface area contributed by atoms with Crippen molar-refractivity contribution in [2.24, 2.45) is 11.8 Å². The molecule has 1 aliphatic carbocycles. The Hall–Kier alpha value is -1.42. The van der Waals surface area contributed by atoms with Crippen LogP contribution >= 0.6 is 12.4 Å². The van der Waals surface area contributed by atoms with Crippen LogP contribution in [0.2, 0.25) is 0 Å². The zero-order valence-corrected chi connectivity index (χ0v) is 16.3. The predicted molar refractivity (Wildman–Crippen MR) is 104 cm³/mol. The lowest BCUT2D eigenvalue weighted by molar-refractivity contribution is -0.127. The molecular weight excluding hydrogens is 336 g/mol. The van der Waals surface area contributed by atoms with E-state index in [0.717, 1.165) is 36.5 Å². The molecule has 1 unspecified atom stereocenters. The molecule has 3 N–H and O–H groups in total. The van der Waals surface area contributed by atoms with E-state index >= 15 is 0 Å². The summed E-state index contributed by atoms with van der Waals surface area (Å²) in [6.45, 7) is 6.38. The predicted octanol–water partition coefficient (Wildman–Crippen LogP) is 4.63. The van der Waals surface area contributed by atoms with E-state index in [1.165, 1.54) is 19.3 Å². The molecule has 0 radical (unpaired) electrons. The molecule has 3 rings (SSSR count). The summed E-state index contributed by atoms with van der Waals surface area (Å²) < 4.78 is 6.05. The van der Waals surface area contributed by atoms with Gasteiger partial charge in [-0.3, -0.25) is 4.79 Å². The van der Waals surface area contributed by atoms with Crippen molar-refractivity contribution in [2.45, 2.75) is 70.9 Å². The molecule has 1 amide bonds. The van der Waals surface area contributed by atoms with E-state index in [1.807, 2.05) is 18.2 Å². The molecule has 1 aromatic carbocycles. The molecule has 1 saturated carbocycles. The van der Waals surface area contributed by atoms with Crippen molar-refractivity contribution in [2.75, 3.05) is 5.73 Å². The fourth-order valence-electron chi connectivity index (χ4n) is 4.12. The number of amides is 1. The first-order valence-electron chi connectivity index (χ1n) is 9.27. The normalized spacial score (nSPS) is 27.4. The number of nitrogens with two attached hydrogens (primary N) is 1. The number of carbonyl (C=O) groups is 1. The number of ether oxygens (including phenoxy) is 1. The van der Waals surface area contributed by atoms with Gasteiger partial charge in [0, 0.05) is 23.6 Å². The van der Waals surface area contributed by atoms with Gasteiger partial charge in [0.05, 0.1) is 6.04 Å². The Morgan fingerprint density at radius 1 is 1.28 bits per heavy atom. The van der Waals surface area contributed by atoms with Crippen molar-refractivity contribution in [3.05, 3.63) is 23.8 Å². The van der Waals surface area contributed by atoms with E-state index in [4.69, 9.17) is 10.5 Å². The highest BCUT2D eigenvalue weighted by atomic mass is 35.5. The van der Waals surface area contributed by atoms with Gasteiger partial charge in [-0.05, 0) is 63.6 Å². The highest BCUT2D eigenvalue weighted by Gasteiger charge is 2.36. The van der Waals surface area contributed by atoms with Crippen LogP contribution in [0.5, 0.6) is 5.75 Å². The highest BCUT2D eigenvalue weighted by Crippen LogP contribution is 2.41. The number of hydrogen-bond acceptors (Lipinski definition) is 3. The number of halogens is 1. The highest BCUT2D eigenvalue weighted by molar-refractivity contribution is 5.85. The maximum Gasteiger partial charge on any atom is 0.223 e. The standard InChI is InChI=1S/C20H30N2O2.ClH/c1-4-13-5-7-14(8-6-13)19(23)22-17-12-20(2,3)24-18-10-9-15(21)11-16(17)18;/h9-11,13-14,17H,4-8,12,21H2,1-3H3,(H,22,23);1H. The number of hydrogen-bond donors (Lipinski definition) is 2. The van der Waals surface area contributed by atoms with Crippen molar-refractivity contribution < 1.29 is 9.53 Å². The quantitative estimate of drug-likeness (QED) is 0.767. The Labute approximate surface area is 157 Å². The maximum atomic E-state index is 12.8. The molecule has 140 valence electrons. The smallest absolute Gasteiger partial charge is 0.223 e. The van der Waals surface area contributed by atoms with Crippen LogP contribution in [-0.2, 0) is 4.79 Å². The first-order chi connectivity index (χ1) is 11.4. The summed E-state index contributed by atoms with van der Waals surface area (Å²) >= 11 is 0. The molecule has 0 spiro atoms. The lowest BCUT2D eigenvalue weighted by Crippen LogP contribution is -2.43. The maximum absolute atomic E-state index is 12.8. The molecule has 1 heterocycles. The Morgan fingerprint density at radius 3 is 2.60 bits per heavy atom. The van der Waals surface area contributed by atoms with Crippen LogP contribution in [0.3, 0.4) is 0 Å². The second-order valence-corrected chi connectivity index (χ2v) is 8.05. The molecule has 0 bridgehead atoms. The number of nitrogens with one attached hydrogen (secondary N) is 1. The summed E-state index contributed by atoms with van der Waals surface area (Å²) in [4.78, 5) is 12.8. The van der Waals surface area contributed by atoms with Gasteiger partial charge >= 0.3 is 0 Å². The first-order valence-corrected chi connectivity index (χ1v) is 9.27. The Bertz CT molecular complexity index is 610. The summed E-state index contributed by atoms with van der Waals surface area (Å²) in [6, 6.07) is 5.68. The number of anilines is 1. The van der Waals surface area contributed by atoms with Crippen LogP contribution in [-0.4, -0.2) is 11.5 Å². The van der Waals surface area contributed by atoms with E-state index in [2.05, 4.69) is 26.1 Å². The molecule has 1 fully saturated rings. The van der Waals surface area contributed by atoms with Gasteiger partial charge < -0.3 is 15.8 Å². The number of carbonyl (C=O) groups excluding carboxylic acids is 1. The third kappa shape index (κ3) is 4.60. The average Bonchev–Trinajstić information content (AvgIpc) is 2.55. The van der Waals surface area contributed by atoms with Gasteiger partial charge in [-0.1, -0.05) is 13.3 Å². The van der Waals surface area contributed by atoms with E-state index in [-0.39, 0.29) is 35.9 Å². The van der Waals surface area contributed by atoms with Crippen LogP contribution in [0.4, 0.5) is 5.69 Å². The van der Waals surface area contributed by atoms with Gasteiger partial charge in [0.1, 0.15) is 11.4 Å². The minimum atomic E-state index is -0.291. The van der Waals surface area contributed by atoms with Crippen LogP contribution in [0, 0.1) is 11.8 Å². The molecular formula is C20H31ClN2O2. The second kappa shape index (κ2) is 7.86. The SMILES string of the molecule is CCC1CCC(C(=O)NC2CC(C)(C)Oc3ccc(N)cc32)CC1.Cl. The largest absolute Gasteiger partial charge is 0.487 e. The van der Waals surface area contributed by atoms with Crippen molar-refractivity contribution >= 4 is 24.0 Å². The topological polar surface area (TPSA) is 64.3 Å². The molecule has 0 aromatic heterocycles. The van der Waals surface area contributed by atoms with Gasteiger partial charge in [0.15, 0.2) is 0 Å². The number of nitrogen functional groups attached to an aromatic ring is 1. The summed E-state index contributed by atoms with van der Waals surface area (Å²) in [5.41, 5.74) is 7.37. The number of rotatable bonds is 3. The van der Waals surface area contributed by atoms with Crippen molar-refractivity contribution in [3.8, 4) is 5.75 Å². The molecule has 0 saturated heterocycles. The minimum Gasteiger partial charge on any atom is -0.487 e. The van der Waals surface area contributed by atoms with Crippen LogP contribution in [0.15, 0.2) is 18.2 Å². The zero-order chi connectivity index (χ0) is 17.3. The zero-order valence-electron chi connectivity index (χ0n) is 15.5. The molecule has 2 aliphatic rings. The fraction of sp³-hybridized carbons (Fsp3) is 0.650. The van der Waals surface area contributed by atoms with E-state index in [1.54, 1.807) is 0 Å². The first kappa shape index (κ1) is 19.9. The second-order valence-electron chi connectivity index (χ2n) is 8.05. The van der Waals surface area contributed by atoms with Crippen molar-refractivity contribution in [1.82, 2.24) is 5.32 Å². The summed E-state index contributed by atoms with van der Waals surface area (Å²) in [5, 5.41) is 3.29. The van der Waals surface area contributed by atoms with Crippen LogP contribution in [0.25, 0.3) is 0 Å². The third-order valence-electron chi connectivity index (χ3n) is 5.60. The molecule has 4 nitrogen and oxygen atoms in total.